The molecule has 0 aliphatic carbocycles. The first kappa shape index (κ1) is 13.9. The maximum Gasteiger partial charge on any atom is 0.328 e. The van der Waals surface area contributed by atoms with Gasteiger partial charge in [-0.25, -0.2) is 4.79 Å². The van der Waals surface area contributed by atoms with Gasteiger partial charge in [0, 0.05) is 0 Å². The van der Waals surface area contributed by atoms with Gasteiger partial charge in [0.2, 0.25) is 5.91 Å². The highest BCUT2D eigenvalue weighted by Crippen LogP contribution is 2.03. The number of likely N-dealkylation sites (N-methyl/N-ethyl adjacent to an activating group) is 1. The monoisotopic (exact) mass is 218 g/mol. The van der Waals surface area contributed by atoms with Crippen LogP contribution in [0.1, 0.15) is 20.8 Å². The Morgan fingerprint density at radius 3 is 2.07 bits per heavy atom. The lowest BCUT2D eigenvalue weighted by atomic mass is 10.0. The van der Waals surface area contributed by atoms with E-state index in [9.17, 15) is 9.59 Å². The molecule has 15 heavy (non-hydrogen) atoms. The molecule has 0 rings (SSSR count). The van der Waals surface area contributed by atoms with Crippen molar-refractivity contribution in [1.82, 2.24) is 10.6 Å². The summed E-state index contributed by atoms with van der Waals surface area (Å²) >= 11 is 0. The number of amides is 1. The van der Waals surface area contributed by atoms with E-state index in [1.54, 1.807) is 20.9 Å². The molecule has 0 saturated heterocycles. The highest BCUT2D eigenvalue weighted by atomic mass is 16.4. The fourth-order valence-corrected chi connectivity index (χ4v) is 0.824. The number of carboxylic acids is 1. The Kier molecular flexibility index (Phi) is 4.70. The Bertz CT molecular complexity index is 250. The van der Waals surface area contributed by atoms with Crippen LogP contribution in [0.25, 0.3) is 0 Å². The third-order valence-corrected chi connectivity index (χ3v) is 2.23. The van der Waals surface area contributed by atoms with Gasteiger partial charge < -0.3 is 20.8 Å². The van der Waals surface area contributed by atoms with Crippen molar-refractivity contribution in [3.8, 4) is 0 Å². The van der Waals surface area contributed by atoms with Crippen LogP contribution in [0.4, 0.5) is 0 Å². The van der Waals surface area contributed by atoms with Crippen LogP contribution in [0.5, 0.6) is 0 Å². The minimum Gasteiger partial charge on any atom is -0.480 e. The van der Waals surface area contributed by atoms with Crippen LogP contribution in [0.15, 0.2) is 0 Å². The van der Waals surface area contributed by atoms with E-state index in [1.165, 1.54) is 6.92 Å². The number of carbonyl (C=O) groups is 2. The third-order valence-electron chi connectivity index (χ3n) is 2.23. The molecule has 0 aliphatic heterocycles. The molecule has 0 radical (unpaired) electrons. The summed E-state index contributed by atoms with van der Waals surface area (Å²) in [5.74, 6) is -1.73. The topological polar surface area (TPSA) is 98.7 Å². The number of carbonyl (C=O) groups excluding carboxylic acids is 1. The van der Waals surface area contributed by atoms with Crippen LogP contribution >= 0.6 is 0 Å². The second kappa shape index (κ2) is 5.09. The average Bonchev–Trinajstić information content (AvgIpc) is 2.12. The Morgan fingerprint density at radius 1 is 1.33 bits per heavy atom. The first-order valence-electron chi connectivity index (χ1n) is 4.63. The molecule has 0 saturated carbocycles. The maximum absolute atomic E-state index is 11.6. The van der Waals surface area contributed by atoms with Gasteiger partial charge in [0.15, 0.2) is 6.04 Å². The summed E-state index contributed by atoms with van der Waals surface area (Å²) in [6.45, 7) is 4.54. The van der Waals surface area contributed by atoms with E-state index in [0.29, 0.717) is 0 Å². The highest BCUT2D eigenvalue weighted by molar-refractivity contribution is 5.89. The molecule has 0 aromatic carbocycles. The van der Waals surface area contributed by atoms with Gasteiger partial charge in [-0.15, -0.1) is 0 Å². The lowest BCUT2D eigenvalue weighted by molar-refractivity contribution is -0.145. The van der Waals surface area contributed by atoms with E-state index >= 15 is 0 Å². The van der Waals surface area contributed by atoms with E-state index in [-0.39, 0.29) is 0 Å². The molecule has 0 bridgehead atoms. The predicted molar refractivity (Wildman–Crippen MR) is 54.4 cm³/mol. The molecular weight excluding hydrogens is 200 g/mol. The molecule has 0 heterocycles. The summed E-state index contributed by atoms with van der Waals surface area (Å²) in [6.07, 6.45) is -1.14. The normalized spacial score (nSPS) is 15.5. The molecule has 0 spiro atoms. The summed E-state index contributed by atoms with van der Waals surface area (Å²) in [7, 11) is 1.59. The summed E-state index contributed by atoms with van der Waals surface area (Å²) in [5.41, 5.74) is -0.872. The van der Waals surface area contributed by atoms with Gasteiger partial charge in [0.1, 0.15) is 0 Å². The van der Waals surface area contributed by atoms with Gasteiger partial charge in [-0.3, -0.25) is 4.79 Å². The highest BCUT2D eigenvalue weighted by Gasteiger charge is 2.31. The first-order valence-corrected chi connectivity index (χ1v) is 4.63. The average molecular weight is 218 g/mol. The molecule has 1 amide bonds. The lowest BCUT2D eigenvalue weighted by Gasteiger charge is -2.26. The van der Waals surface area contributed by atoms with Gasteiger partial charge in [0.05, 0.1) is 11.6 Å². The van der Waals surface area contributed by atoms with Crippen molar-refractivity contribution >= 4 is 11.9 Å². The van der Waals surface area contributed by atoms with E-state index in [1.807, 2.05) is 0 Å². The number of rotatable bonds is 5. The van der Waals surface area contributed by atoms with Crippen LogP contribution in [0.3, 0.4) is 0 Å². The third kappa shape index (κ3) is 3.85. The van der Waals surface area contributed by atoms with Gasteiger partial charge in [-0.05, 0) is 27.8 Å². The smallest absolute Gasteiger partial charge is 0.328 e. The largest absolute Gasteiger partial charge is 0.480 e. The van der Waals surface area contributed by atoms with Crippen molar-refractivity contribution < 1.29 is 19.8 Å². The van der Waals surface area contributed by atoms with Crippen molar-refractivity contribution in [2.75, 3.05) is 7.05 Å². The number of aliphatic hydroxyl groups is 1. The number of hydrogen-bond donors (Lipinski definition) is 4. The summed E-state index contributed by atoms with van der Waals surface area (Å²) in [6, 6.07) is -1.29. The van der Waals surface area contributed by atoms with Crippen molar-refractivity contribution in [2.24, 2.45) is 0 Å². The fraction of sp³-hybridized carbons (Fsp3) is 0.778. The molecule has 6 nitrogen and oxygen atoms in total. The Morgan fingerprint density at radius 2 is 1.80 bits per heavy atom. The zero-order valence-corrected chi connectivity index (χ0v) is 9.37. The van der Waals surface area contributed by atoms with Crippen molar-refractivity contribution in [3.63, 3.8) is 0 Å². The maximum atomic E-state index is 11.6. The molecule has 0 fully saturated rings. The van der Waals surface area contributed by atoms with Gasteiger partial charge in [-0.2, -0.15) is 0 Å². The zero-order chi connectivity index (χ0) is 12.2. The van der Waals surface area contributed by atoms with E-state index in [4.69, 9.17) is 10.2 Å². The van der Waals surface area contributed by atoms with Gasteiger partial charge in [-0.1, -0.05) is 0 Å². The number of aliphatic hydroxyl groups excluding tert-OH is 1. The van der Waals surface area contributed by atoms with Crippen molar-refractivity contribution in [1.29, 1.82) is 0 Å². The Balaban J connectivity index is 4.57. The Labute approximate surface area is 88.7 Å². The van der Waals surface area contributed by atoms with Gasteiger partial charge >= 0.3 is 5.97 Å². The van der Waals surface area contributed by atoms with E-state index < -0.39 is 29.6 Å². The van der Waals surface area contributed by atoms with E-state index in [0.717, 1.165) is 0 Å². The van der Waals surface area contributed by atoms with Crippen LogP contribution < -0.4 is 10.6 Å². The summed E-state index contributed by atoms with van der Waals surface area (Å²) in [5, 5.41) is 22.9. The van der Waals surface area contributed by atoms with Crippen LogP contribution in [-0.4, -0.2) is 46.8 Å². The standard InChI is InChI=1S/C9H18N2O4/c1-5(12)6(7(13)14)11-8(15)9(2,3)10-4/h5-6,10,12H,1-4H3,(H,11,15)(H,13,14). The minimum absolute atomic E-state index is 0.474. The van der Waals surface area contributed by atoms with Gasteiger partial charge in [0.25, 0.3) is 0 Å². The number of carboxylic acid groups (broad SMARTS) is 1. The lowest BCUT2D eigenvalue weighted by Crippen LogP contribution is -2.57. The van der Waals surface area contributed by atoms with Crippen molar-refractivity contribution in [3.05, 3.63) is 0 Å². The quantitative estimate of drug-likeness (QED) is 0.471. The summed E-state index contributed by atoms with van der Waals surface area (Å²) in [4.78, 5) is 22.3. The molecular formula is C9H18N2O4. The minimum atomic E-state index is -1.29. The number of nitrogens with one attached hydrogen (secondary N) is 2. The number of hydrogen-bond acceptors (Lipinski definition) is 4. The number of aliphatic carboxylic acids is 1. The Hall–Kier alpha value is -1.14. The molecule has 2 unspecified atom stereocenters. The molecule has 0 aliphatic rings. The second-order valence-electron chi connectivity index (χ2n) is 3.90. The molecule has 0 aromatic rings. The molecule has 2 atom stereocenters. The predicted octanol–water partition coefficient (Wildman–Crippen LogP) is -1.07. The van der Waals surface area contributed by atoms with Crippen LogP contribution in [-0.2, 0) is 9.59 Å². The first-order chi connectivity index (χ1) is 6.72. The molecule has 88 valence electrons. The molecule has 4 N–H and O–H groups in total. The molecule has 6 heteroatoms. The SMILES string of the molecule is CNC(C)(C)C(=O)NC(C(=O)O)C(C)O. The van der Waals surface area contributed by atoms with Crippen molar-refractivity contribution in [2.45, 2.75) is 38.5 Å². The second-order valence-corrected chi connectivity index (χ2v) is 3.90. The fourth-order valence-electron chi connectivity index (χ4n) is 0.824. The van der Waals surface area contributed by atoms with Crippen LogP contribution in [0, 0.1) is 0 Å². The van der Waals surface area contributed by atoms with E-state index in [2.05, 4.69) is 10.6 Å². The zero-order valence-electron chi connectivity index (χ0n) is 9.37. The summed E-state index contributed by atoms with van der Waals surface area (Å²) < 4.78 is 0. The van der Waals surface area contributed by atoms with Crippen LogP contribution in [0.2, 0.25) is 0 Å². The molecule has 0 aromatic heterocycles.